The first kappa shape index (κ1) is 17.1. The van der Waals surface area contributed by atoms with E-state index >= 15 is 0 Å². The van der Waals surface area contributed by atoms with Crippen molar-refractivity contribution in [2.24, 2.45) is 0 Å². The van der Waals surface area contributed by atoms with E-state index in [1.165, 1.54) is 12.1 Å². The molecule has 2 rings (SSSR count). The molecule has 1 atom stereocenters. The second kappa shape index (κ2) is 6.45. The van der Waals surface area contributed by atoms with Crippen molar-refractivity contribution in [3.8, 4) is 5.75 Å². The van der Waals surface area contributed by atoms with E-state index < -0.39 is 15.6 Å². The monoisotopic (exact) mass is 337 g/mol. The van der Waals surface area contributed by atoms with Crippen LogP contribution in [-0.4, -0.2) is 20.5 Å². The van der Waals surface area contributed by atoms with Gasteiger partial charge in [-0.15, -0.1) is 0 Å². The maximum atomic E-state index is 12.4. The van der Waals surface area contributed by atoms with Gasteiger partial charge in [-0.05, 0) is 42.6 Å². The second-order valence-electron chi connectivity index (χ2n) is 5.24. The Labute approximate surface area is 127 Å². The molecule has 0 aromatic heterocycles. The van der Waals surface area contributed by atoms with Crippen LogP contribution < -0.4 is 9.50 Å². The summed E-state index contributed by atoms with van der Waals surface area (Å²) < 4.78 is 63.5. The van der Waals surface area contributed by atoms with Crippen LogP contribution in [0.2, 0.25) is 0 Å². The summed E-state index contributed by atoms with van der Waals surface area (Å²) in [5.74, 6) is -0.304. The Hall–Kier alpha value is -1.28. The van der Waals surface area contributed by atoms with Gasteiger partial charge in [0.1, 0.15) is 5.75 Å². The molecule has 0 saturated heterocycles. The van der Waals surface area contributed by atoms with Gasteiger partial charge in [0, 0.05) is 6.04 Å². The summed E-state index contributed by atoms with van der Waals surface area (Å²) in [6.07, 6.45) is 3.58. The van der Waals surface area contributed by atoms with Gasteiger partial charge in [-0.25, -0.2) is 0 Å². The summed E-state index contributed by atoms with van der Waals surface area (Å²) in [6, 6.07) is 4.31. The van der Waals surface area contributed by atoms with Crippen LogP contribution in [0.1, 0.15) is 43.4 Å². The van der Waals surface area contributed by atoms with E-state index in [4.69, 9.17) is 0 Å². The van der Waals surface area contributed by atoms with Gasteiger partial charge in [0.2, 0.25) is 0 Å². The van der Waals surface area contributed by atoms with Gasteiger partial charge in [0.15, 0.2) is 0 Å². The average Bonchev–Trinajstić information content (AvgIpc) is 2.43. The van der Waals surface area contributed by atoms with Gasteiger partial charge in [-0.3, -0.25) is 0 Å². The molecule has 0 amide bonds. The van der Waals surface area contributed by atoms with Gasteiger partial charge >= 0.3 is 15.6 Å². The Morgan fingerprint density at radius 2 is 2.09 bits per heavy atom. The zero-order chi connectivity index (χ0) is 16.4. The minimum absolute atomic E-state index is 0.0147. The summed E-state index contributed by atoms with van der Waals surface area (Å²) in [5, 5.41) is 3.30. The van der Waals surface area contributed by atoms with Crippen LogP contribution in [0.15, 0.2) is 18.2 Å². The molecule has 1 aliphatic heterocycles. The molecule has 8 heteroatoms. The van der Waals surface area contributed by atoms with E-state index in [2.05, 4.69) is 16.4 Å². The molecule has 0 bridgehead atoms. The molecule has 1 aromatic rings. The topological polar surface area (TPSA) is 55.4 Å². The maximum Gasteiger partial charge on any atom is 0.534 e. The molecule has 0 fully saturated rings. The van der Waals surface area contributed by atoms with E-state index in [9.17, 15) is 21.6 Å². The number of benzene rings is 1. The predicted octanol–water partition coefficient (Wildman–Crippen LogP) is 3.29. The number of hydrogen-bond donors (Lipinski definition) is 1. The Kier molecular flexibility index (Phi) is 5.01. The quantitative estimate of drug-likeness (QED) is 0.662. The van der Waals surface area contributed by atoms with E-state index in [0.717, 1.165) is 43.4 Å². The molecule has 1 aromatic carbocycles. The molecule has 4 nitrogen and oxygen atoms in total. The number of halogens is 3. The molecule has 1 N–H and O–H groups in total. The Balaban J connectivity index is 2.26. The largest absolute Gasteiger partial charge is 0.534 e. The van der Waals surface area contributed by atoms with Gasteiger partial charge in [-0.2, -0.15) is 21.6 Å². The number of fused-ring (bicyclic) bond motifs is 1. The number of alkyl halides is 3. The number of hydrogen-bond acceptors (Lipinski definition) is 4. The van der Waals surface area contributed by atoms with Gasteiger partial charge in [0.05, 0.1) is 0 Å². The lowest BCUT2D eigenvalue weighted by Gasteiger charge is -2.27. The fourth-order valence-corrected chi connectivity index (χ4v) is 2.96. The van der Waals surface area contributed by atoms with Crippen molar-refractivity contribution >= 4 is 10.1 Å². The molecule has 1 aliphatic rings. The third-order valence-corrected chi connectivity index (χ3v) is 4.59. The normalized spacial score (nSPS) is 18.8. The highest BCUT2D eigenvalue weighted by Crippen LogP contribution is 2.32. The van der Waals surface area contributed by atoms with Gasteiger partial charge in [-0.1, -0.05) is 25.8 Å². The SMILES string of the molecule is CCCCC1NCCc2ccc(OS(=O)(=O)C(F)(F)F)cc21. The van der Waals surface area contributed by atoms with E-state index in [1.54, 1.807) is 6.07 Å². The van der Waals surface area contributed by atoms with Crippen LogP contribution in [0.25, 0.3) is 0 Å². The molecule has 0 aliphatic carbocycles. The van der Waals surface area contributed by atoms with Crippen molar-refractivity contribution in [2.75, 3.05) is 6.54 Å². The van der Waals surface area contributed by atoms with Crippen LogP contribution in [0.3, 0.4) is 0 Å². The molecule has 0 radical (unpaired) electrons. The molecule has 0 saturated carbocycles. The zero-order valence-corrected chi connectivity index (χ0v) is 12.9. The summed E-state index contributed by atoms with van der Waals surface area (Å²) in [5.41, 5.74) is -3.60. The van der Waals surface area contributed by atoms with Crippen molar-refractivity contribution < 1.29 is 25.8 Å². The highest BCUT2D eigenvalue weighted by Gasteiger charge is 2.48. The maximum absolute atomic E-state index is 12.4. The Morgan fingerprint density at radius 1 is 1.36 bits per heavy atom. The van der Waals surface area contributed by atoms with Crippen molar-refractivity contribution in [3.05, 3.63) is 29.3 Å². The minimum atomic E-state index is -5.63. The fraction of sp³-hybridized carbons (Fsp3) is 0.571. The third kappa shape index (κ3) is 3.73. The van der Waals surface area contributed by atoms with Crippen molar-refractivity contribution in [3.63, 3.8) is 0 Å². The lowest BCUT2D eigenvalue weighted by atomic mass is 9.91. The van der Waals surface area contributed by atoms with E-state index in [-0.39, 0.29) is 11.8 Å². The zero-order valence-electron chi connectivity index (χ0n) is 12.1. The number of rotatable bonds is 5. The fourth-order valence-electron chi connectivity index (χ4n) is 2.51. The molecular formula is C14H18F3NO3S. The molecular weight excluding hydrogens is 319 g/mol. The van der Waals surface area contributed by atoms with E-state index in [1.807, 2.05) is 0 Å². The van der Waals surface area contributed by atoms with Crippen LogP contribution in [-0.2, 0) is 16.5 Å². The van der Waals surface area contributed by atoms with Crippen molar-refractivity contribution in [1.82, 2.24) is 5.32 Å². The number of nitrogens with one attached hydrogen (secondary N) is 1. The first-order valence-electron chi connectivity index (χ1n) is 7.11. The standard InChI is InChI=1S/C14H18F3NO3S/c1-2-3-4-13-12-9-11(6-5-10(12)7-8-18-13)21-22(19,20)14(15,16)17/h5-6,9,13,18H,2-4,7-8H2,1H3. The summed E-state index contributed by atoms with van der Waals surface area (Å²) in [6.45, 7) is 2.85. The number of unbranched alkanes of at least 4 members (excludes halogenated alkanes) is 1. The van der Waals surface area contributed by atoms with Crippen molar-refractivity contribution in [2.45, 2.75) is 44.2 Å². The van der Waals surface area contributed by atoms with Gasteiger partial charge in [0.25, 0.3) is 0 Å². The smallest absolute Gasteiger partial charge is 0.376 e. The Morgan fingerprint density at radius 3 is 2.73 bits per heavy atom. The first-order valence-corrected chi connectivity index (χ1v) is 8.52. The lowest BCUT2D eigenvalue weighted by Crippen LogP contribution is -2.30. The van der Waals surface area contributed by atoms with E-state index in [0.29, 0.717) is 0 Å². The predicted molar refractivity (Wildman–Crippen MR) is 76.0 cm³/mol. The minimum Gasteiger partial charge on any atom is -0.376 e. The average molecular weight is 337 g/mol. The van der Waals surface area contributed by atoms with Crippen LogP contribution in [0, 0.1) is 0 Å². The molecule has 1 unspecified atom stereocenters. The second-order valence-corrected chi connectivity index (χ2v) is 6.78. The van der Waals surface area contributed by atoms with Crippen LogP contribution in [0.5, 0.6) is 5.75 Å². The molecule has 1 heterocycles. The summed E-state index contributed by atoms with van der Waals surface area (Å²) >= 11 is 0. The third-order valence-electron chi connectivity index (χ3n) is 3.61. The first-order chi connectivity index (χ1) is 10.2. The van der Waals surface area contributed by atoms with Crippen LogP contribution in [0.4, 0.5) is 13.2 Å². The molecule has 124 valence electrons. The lowest BCUT2D eigenvalue weighted by molar-refractivity contribution is -0.0500. The molecule has 22 heavy (non-hydrogen) atoms. The summed E-state index contributed by atoms with van der Waals surface area (Å²) in [4.78, 5) is 0. The van der Waals surface area contributed by atoms with Crippen molar-refractivity contribution in [1.29, 1.82) is 0 Å². The molecule has 0 spiro atoms. The van der Waals surface area contributed by atoms with Gasteiger partial charge < -0.3 is 9.50 Å². The highest BCUT2D eigenvalue weighted by molar-refractivity contribution is 7.88. The summed E-state index contributed by atoms with van der Waals surface area (Å²) in [7, 11) is -5.63. The Bertz CT molecular complexity index is 629. The highest BCUT2D eigenvalue weighted by atomic mass is 32.2. The van der Waals surface area contributed by atoms with Crippen LogP contribution >= 0.6 is 0 Å².